The van der Waals surface area contributed by atoms with Crippen LogP contribution >= 0.6 is 11.3 Å². The second-order valence-corrected chi connectivity index (χ2v) is 6.86. The van der Waals surface area contributed by atoms with Gasteiger partial charge in [-0.25, -0.2) is 4.98 Å². The van der Waals surface area contributed by atoms with Crippen molar-refractivity contribution in [2.45, 2.75) is 27.2 Å². The molecule has 3 rings (SSSR count). The van der Waals surface area contributed by atoms with Crippen molar-refractivity contribution in [1.29, 1.82) is 0 Å². The van der Waals surface area contributed by atoms with Crippen LogP contribution in [0.3, 0.4) is 0 Å². The molecule has 0 aliphatic rings. The highest BCUT2D eigenvalue weighted by Crippen LogP contribution is 2.25. The number of anilines is 1. The van der Waals surface area contributed by atoms with E-state index in [1.165, 1.54) is 5.56 Å². The minimum atomic E-state index is -0.0338. The zero-order valence-corrected chi connectivity index (χ0v) is 14.9. The minimum Gasteiger partial charge on any atom is -0.325 e. The number of carbonyl (C=O) groups excluding carboxylic acids is 1. The summed E-state index contributed by atoms with van der Waals surface area (Å²) in [6, 6.07) is 14.2. The third kappa shape index (κ3) is 3.71. The summed E-state index contributed by atoms with van der Waals surface area (Å²) in [4.78, 5) is 16.9. The summed E-state index contributed by atoms with van der Waals surface area (Å²) in [6.45, 7) is 6.07. The molecule has 1 aromatic heterocycles. The van der Waals surface area contributed by atoms with E-state index >= 15 is 0 Å². The topological polar surface area (TPSA) is 42.0 Å². The van der Waals surface area contributed by atoms with E-state index in [4.69, 9.17) is 0 Å². The smallest absolute Gasteiger partial charge is 0.230 e. The van der Waals surface area contributed by atoms with Gasteiger partial charge in [0.1, 0.15) is 5.01 Å². The number of thiazole rings is 1. The molecule has 0 unspecified atom stereocenters. The molecule has 2 aromatic carbocycles. The maximum atomic E-state index is 12.3. The molecule has 1 heterocycles. The Morgan fingerprint density at radius 2 is 1.79 bits per heavy atom. The molecular formula is C20H20N2OS. The summed E-state index contributed by atoms with van der Waals surface area (Å²) in [5.74, 6) is -0.0338. The van der Waals surface area contributed by atoms with Gasteiger partial charge in [0.05, 0.1) is 12.1 Å². The van der Waals surface area contributed by atoms with Gasteiger partial charge in [0.15, 0.2) is 0 Å². The molecule has 0 aliphatic carbocycles. The minimum absolute atomic E-state index is 0.0338. The highest BCUT2D eigenvalue weighted by molar-refractivity contribution is 7.13. The number of rotatable bonds is 4. The van der Waals surface area contributed by atoms with Crippen LogP contribution in [-0.4, -0.2) is 10.9 Å². The number of para-hydroxylation sites is 1. The zero-order chi connectivity index (χ0) is 17.1. The van der Waals surface area contributed by atoms with Crippen molar-refractivity contribution >= 4 is 22.9 Å². The number of carbonyl (C=O) groups is 1. The molecule has 0 atom stereocenters. The Morgan fingerprint density at radius 3 is 2.50 bits per heavy atom. The van der Waals surface area contributed by atoms with Gasteiger partial charge < -0.3 is 5.32 Å². The highest BCUT2D eigenvalue weighted by atomic mass is 32.1. The van der Waals surface area contributed by atoms with Gasteiger partial charge in [-0.2, -0.15) is 0 Å². The summed E-state index contributed by atoms with van der Waals surface area (Å²) in [7, 11) is 0. The zero-order valence-electron chi connectivity index (χ0n) is 14.1. The molecule has 3 aromatic rings. The Balaban J connectivity index is 1.72. The monoisotopic (exact) mass is 336 g/mol. The van der Waals surface area contributed by atoms with Gasteiger partial charge in [0.2, 0.25) is 5.91 Å². The van der Waals surface area contributed by atoms with E-state index in [9.17, 15) is 4.79 Å². The maximum Gasteiger partial charge on any atom is 0.230 e. The van der Waals surface area contributed by atoms with E-state index in [2.05, 4.69) is 29.4 Å². The van der Waals surface area contributed by atoms with Crippen molar-refractivity contribution in [1.82, 2.24) is 4.98 Å². The molecule has 0 bridgehead atoms. The van der Waals surface area contributed by atoms with E-state index in [0.717, 1.165) is 33.1 Å². The first-order valence-electron chi connectivity index (χ1n) is 7.90. The van der Waals surface area contributed by atoms with Crippen LogP contribution in [0.1, 0.15) is 22.4 Å². The van der Waals surface area contributed by atoms with Crippen molar-refractivity contribution in [2.75, 3.05) is 5.32 Å². The number of aromatic nitrogens is 1. The van der Waals surface area contributed by atoms with Crippen LogP contribution in [0.15, 0.2) is 47.8 Å². The van der Waals surface area contributed by atoms with E-state index in [1.54, 1.807) is 11.3 Å². The van der Waals surface area contributed by atoms with Crippen LogP contribution in [0, 0.1) is 20.8 Å². The molecule has 4 heteroatoms. The number of nitrogens with zero attached hydrogens (tertiary/aromatic N) is 1. The number of nitrogens with one attached hydrogen (secondary N) is 1. The van der Waals surface area contributed by atoms with Gasteiger partial charge in [-0.3, -0.25) is 4.79 Å². The molecule has 0 radical (unpaired) electrons. The number of amides is 1. The van der Waals surface area contributed by atoms with Gasteiger partial charge in [0, 0.05) is 16.6 Å². The Hall–Kier alpha value is -2.46. The summed E-state index contributed by atoms with van der Waals surface area (Å²) >= 11 is 1.57. The fourth-order valence-electron chi connectivity index (χ4n) is 2.66. The van der Waals surface area contributed by atoms with Crippen LogP contribution < -0.4 is 5.32 Å². The van der Waals surface area contributed by atoms with Crippen LogP contribution in [0.5, 0.6) is 0 Å². The van der Waals surface area contributed by atoms with Gasteiger partial charge >= 0.3 is 0 Å². The molecule has 0 spiro atoms. The fourth-order valence-corrected chi connectivity index (χ4v) is 3.48. The largest absolute Gasteiger partial charge is 0.325 e. The maximum absolute atomic E-state index is 12.3. The third-order valence-corrected chi connectivity index (χ3v) is 4.84. The third-order valence-electron chi connectivity index (χ3n) is 3.90. The lowest BCUT2D eigenvalue weighted by atomic mass is 10.1. The molecule has 3 nitrogen and oxygen atoms in total. The van der Waals surface area contributed by atoms with Crippen LogP contribution in [0.2, 0.25) is 0 Å². The van der Waals surface area contributed by atoms with E-state index < -0.39 is 0 Å². The lowest BCUT2D eigenvalue weighted by Gasteiger charge is -2.10. The van der Waals surface area contributed by atoms with E-state index in [0.29, 0.717) is 0 Å². The summed E-state index contributed by atoms with van der Waals surface area (Å²) in [5.41, 5.74) is 6.15. The first-order chi connectivity index (χ1) is 11.5. The van der Waals surface area contributed by atoms with E-state index in [1.807, 2.05) is 49.6 Å². The molecule has 0 fully saturated rings. The van der Waals surface area contributed by atoms with Gasteiger partial charge in [-0.15, -0.1) is 11.3 Å². The van der Waals surface area contributed by atoms with Crippen LogP contribution in [0.25, 0.3) is 10.6 Å². The van der Waals surface area contributed by atoms with E-state index in [-0.39, 0.29) is 12.3 Å². The van der Waals surface area contributed by atoms with Gasteiger partial charge in [0.25, 0.3) is 0 Å². The summed E-state index contributed by atoms with van der Waals surface area (Å²) in [6.07, 6.45) is 0.288. The predicted molar refractivity (Wildman–Crippen MR) is 101 cm³/mol. The number of hydrogen-bond acceptors (Lipinski definition) is 3. The first-order valence-corrected chi connectivity index (χ1v) is 8.78. The average Bonchev–Trinajstić information content (AvgIpc) is 2.99. The van der Waals surface area contributed by atoms with Crippen molar-refractivity contribution in [3.63, 3.8) is 0 Å². The molecule has 1 amide bonds. The molecule has 122 valence electrons. The number of hydrogen-bond donors (Lipinski definition) is 1. The lowest BCUT2D eigenvalue weighted by Crippen LogP contribution is -2.16. The normalized spacial score (nSPS) is 10.6. The summed E-state index contributed by atoms with van der Waals surface area (Å²) < 4.78 is 0. The SMILES string of the molecule is Cc1cccc(-c2nc(CC(=O)Nc3c(C)cccc3C)cs2)c1. The number of benzene rings is 2. The molecule has 0 saturated carbocycles. The molecule has 1 N–H and O–H groups in total. The fraction of sp³-hybridized carbons (Fsp3) is 0.200. The van der Waals surface area contributed by atoms with Crippen molar-refractivity contribution < 1.29 is 4.79 Å². The number of aryl methyl sites for hydroxylation is 3. The highest BCUT2D eigenvalue weighted by Gasteiger charge is 2.11. The van der Waals surface area contributed by atoms with Crippen molar-refractivity contribution in [2.24, 2.45) is 0 Å². The predicted octanol–water partition coefficient (Wildman–Crippen LogP) is 4.92. The molecule has 0 saturated heterocycles. The second kappa shape index (κ2) is 6.97. The van der Waals surface area contributed by atoms with Gasteiger partial charge in [-0.1, -0.05) is 42.0 Å². The van der Waals surface area contributed by atoms with Crippen molar-refractivity contribution in [3.8, 4) is 10.6 Å². The van der Waals surface area contributed by atoms with Crippen LogP contribution in [-0.2, 0) is 11.2 Å². The average molecular weight is 336 g/mol. The molecule has 0 aliphatic heterocycles. The van der Waals surface area contributed by atoms with Crippen LogP contribution in [0.4, 0.5) is 5.69 Å². The van der Waals surface area contributed by atoms with Gasteiger partial charge in [-0.05, 0) is 38.0 Å². The molecule has 24 heavy (non-hydrogen) atoms. The lowest BCUT2D eigenvalue weighted by molar-refractivity contribution is -0.115. The second-order valence-electron chi connectivity index (χ2n) is 6.01. The first kappa shape index (κ1) is 16.4. The Morgan fingerprint density at radius 1 is 1.08 bits per heavy atom. The summed E-state index contributed by atoms with van der Waals surface area (Å²) in [5, 5.41) is 5.92. The standard InChI is InChI=1S/C20H20N2OS/c1-13-6-4-9-16(10-13)20-21-17(12-24-20)11-18(23)22-19-14(2)7-5-8-15(19)3/h4-10,12H,11H2,1-3H3,(H,22,23). The van der Waals surface area contributed by atoms with Crippen molar-refractivity contribution in [3.05, 3.63) is 70.2 Å². The quantitative estimate of drug-likeness (QED) is 0.735. The Labute approximate surface area is 146 Å². The Bertz CT molecular complexity index is 863. The Kier molecular flexibility index (Phi) is 4.76. The molecular weight excluding hydrogens is 316 g/mol.